The Morgan fingerprint density at radius 1 is 1.32 bits per heavy atom. The highest BCUT2D eigenvalue weighted by Gasteiger charge is 2.35. The molecule has 22 heavy (non-hydrogen) atoms. The quantitative estimate of drug-likeness (QED) is 0.323. The molecule has 1 rings (SSSR count). The van der Waals surface area contributed by atoms with Gasteiger partial charge in [0, 0.05) is 12.3 Å². The van der Waals surface area contributed by atoms with Crippen LogP contribution in [0.1, 0.15) is 17.3 Å². The van der Waals surface area contributed by atoms with E-state index in [4.69, 9.17) is 44.3 Å². The molecule has 0 heterocycles. The average molecular weight is 434 g/mol. The van der Waals surface area contributed by atoms with E-state index in [1.165, 1.54) is 19.1 Å². The summed E-state index contributed by atoms with van der Waals surface area (Å²) in [5.74, 6) is -1.03. The molecule has 1 unspecified atom stereocenters. The second-order valence-corrected chi connectivity index (χ2v) is 7.21. The summed E-state index contributed by atoms with van der Waals surface area (Å²) in [6, 6.07) is 6.21. The maximum Gasteiger partial charge on any atom is 0.308 e. The van der Waals surface area contributed by atoms with Crippen LogP contribution in [0.5, 0.6) is 5.75 Å². The molecule has 1 amide bonds. The van der Waals surface area contributed by atoms with Crippen LogP contribution < -0.4 is 10.1 Å². The maximum atomic E-state index is 12.3. The summed E-state index contributed by atoms with van der Waals surface area (Å²) in [6.07, 6.45) is -1.16. The van der Waals surface area contributed by atoms with Crippen molar-refractivity contribution in [1.82, 2.24) is 5.32 Å². The third kappa shape index (κ3) is 6.30. The lowest BCUT2D eigenvalue weighted by Crippen LogP contribution is -2.46. The number of hydrogen-bond donors (Lipinski definition) is 1. The summed E-state index contributed by atoms with van der Waals surface area (Å²) < 4.78 is 8.40. The number of esters is 1. The molecule has 0 aromatic heterocycles. The van der Waals surface area contributed by atoms with E-state index in [2.05, 4.69) is 21.2 Å². The Labute approximate surface area is 151 Å². The Hall–Kier alpha value is -0.530. The zero-order valence-electron chi connectivity index (χ0n) is 11.4. The van der Waals surface area contributed by atoms with Crippen molar-refractivity contribution in [2.45, 2.75) is 16.9 Å². The number of alkyl halides is 4. The van der Waals surface area contributed by atoms with Gasteiger partial charge in [0.2, 0.25) is 3.79 Å². The monoisotopic (exact) mass is 431 g/mol. The van der Waals surface area contributed by atoms with Gasteiger partial charge in [0.25, 0.3) is 5.91 Å². The van der Waals surface area contributed by atoms with Gasteiger partial charge in [0.1, 0.15) is 5.75 Å². The van der Waals surface area contributed by atoms with Crippen molar-refractivity contribution in [1.29, 1.82) is 0 Å². The zero-order valence-corrected chi connectivity index (χ0v) is 15.3. The molecule has 0 spiro atoms. The minimum Gasteiger partial charge on any atom is -0.426 e. The highest BCUT2D eigenvalue weighted by Crippen LogP contribution is 2.31. The Morgan fingerprint density at radius 2 is 1.95 bits per heavy atom. The van der Waals surface area contributed by atoms with Crippen LogP contribution in [0.2, 0.25) is 0 Å². The zero-order chi connectivity index (χ0) is 16.8. The first-order valence-corrected chi connectivity index (χ1v) is 8.34. The molecule has 1 aromatic rings. The van der Waals surface area contributed by atoms with Crippen LogP contribution in [0.4, 0.5) is 0 Å². The number of benzene rings is 1. The van der Waals surface area contributed by atoms with Crippen LogP contribution in [0, 0.1) is 0 Å². The second kappa shape index (κ2) is 8.93. The lowest BCUT2D eigenvalue weighted by molar-refractivity contribution is -0.131. The fourth-order valence-corrected chi connectivity index (χ4v) is 2.01. The van der Waals surface area contributed by atoms with Gasteiger partial charge in [0.05, 0.1) is 12.2 Å². The molecule has 1 aromatic carbocycles. The maximum absolute atomic E-state index is 12.3. The summed E-state index contributed by atoms with van der Waals surface area (Å²) >= 11 is 20.5. The molecule has 0 fully saturated rings. The molecule has 1 N–H and O–H groups in total. The summed E-state index contributed by atoms with van der Waals surface area (Å²) in [6.45, 7) is 1.46. The Balaban J connectivity index is 2.92. The summed E-state index contributed by atoms with van der Waals surface area (Å²) in [7, 11) is 0. The van der Waals surface area contributed by atoms with Gasteiger partial charge in [-0.15, -0.1) is 0 Å². The molecule has 122 valence electrons. The summed E-state index contributed by atoms with van der Waals surface area (Å²) in [4.78, 5) is 23.4. The first kappa shape index (κ1) is 19.5. The van der Waals surface area contributed by atoms with Gasteiger partial charge in [-0.1, -0.05) is 62.9 Å². The number of para-hydroxylation sites is 1. The molecule has 1 atom stereocenters. The highest BCUT2D eigenvalue weighted by molar-refractivity contribution is 9.09. The van der Waals surface area contributed by atoms with Crippen LogP contribution in [0.3, 0.4) is 0 Å². The molecule has 0 aliphatic carbocycles. The molecule has 0 aliphatic rings. The molecule has 0 saturated carbocycles. The van der Waals surface area contributed by atoms with Gasteiger partial charge < -0.3 is 14.8 Å². The molecule has 0 aliphatic heterocycles. The molecular formula is C13H13BrCl3NO4. The molecule has 9 heteroatoms. The van der Waals surface area contributed by atoms with E-state index in [-0.39, 0.29) is 17.9 Å². The number of hydrogen-bond acceptors (Lipinski definition) is 4. The van der Waals surface area contributed by atoms with Crippen molar-refractivity contribution in [2.75, 3.05) is 11.9 Å². The van der Waals surface area contributed by atoms with E-state index in [0.717, 1.165) is 0 Å². The Morgan fingerprint density at radius 3 is 2.50 bits per heavy atom. The number of rotatable bonds is 6. The van der Waals surface area contributed by atoms with Crippen molar-refractivity contribution < 1.29 is 19.1 Å². The minimum absolute atomic E-state index is 0.107. The van der Waals surface area contributed by atoms with Gasteiger partial charge in [-0.2, -0.15) is 0 Å². The third-order valence-corrected chi connectivity index (χ3v) is 3.22. The predicted molar refractivity (Wildman–Crippen MR) is 89.0 cm³/mol. The van der Waals surface area contributed by atoms with E-state index in [0.29, 0.717) is 5.33 Å². The van der Waals surface area contributed by atoms with E-state index in [1.54, 1.807) is 12.1 Å². The number of halogens is 4. The van der Waals surface area contributed by atoms with E-state index in [1.807, 2.05) is 0 Å². The number of ether oxygens (including phenoxy) is 2. The van der Waals surface area contributed by atoms with Crippen molar-refractivity contribution in [3.8, 4) is 5.75 Å². The van der Waals surface area contributed by atoms with Gasteiger partial charge in [-0.3, -0.25) is 9.59 Å². The lowest BCUT2D eigenvalue weighted by atomic mass is 10.2. The topological polar surface area (TPSA) is 64.6 Å². The average Bonchev–Trinajstić information content (AvgIpc) is 2.41. The van der Waals surface area contributed by atoms with Crippen LogP contribution >= 0.6 is 50.7 Å². The first-order chi connectivity index (χ1) is 10.3. The minimum atomic E-state index is -1.85. The molecule has 0 radical (unpaired) electrons. The van der Waals surface area contributed by atoms with Crippen LogP contribution in [0.15, 0.2) is 24.3 Å². The second-order valence-electron chi connectivity index (χ2n) is 4.04. The van der Waals surface area contributed by atoms with E-state index >= 15 is 0 Å². The normalized spacial score (nSPS) is 12.6. The fourth-order valence-electron chi connectivity index (χ4n) is 1.48. The van der Waals surface area contributed by atoms with Gasteiger partial charge in [-0.05, 0) is 12.1 Å². The van der Waals surface area contributed by atoms with Crippen LogP contribution in [-0.4, -0.2) is 33.8 Å². The molecule has 0 bridgehead atoms. The Bertz CT molecular complexity index is 536. The molecular weight excluding hydrogens is 420 g/mol. The van der Waals surface area contributed by atoms with Crippen molar-refractivity contribution in [3.05, 3.63) is 29.8 Å². The number of nitrogens with one attached hydrogen (secondary N) is 1. The first-order valence-electron chi connectivity index (χ1n) is 6.08. The highest BCUT2D eigenvalue weighted by atomic mass is 79.9. The lowest BCUT2D eigenvalue weighted by Gasteiger charge is -2.25. The van der Waals surface area contributed by atoms with E-state index < -0.39 is 21.9 Å². The van der Waals surface area contributed by atoms with Crippen molar-refractivity contribution in [2.24, 2.45) is 0 Å². The number of amides is 1. The van der Waals surface area contributed by atoms with Gasteiger partial charge in [-0.25, -0.2) is 0 Å². The predicted octanol–water partition coefficient (Wildman–Crippen LogP) is 3.45. The third-order valence-electron chi connectivity index (χ3n) is 2.31. The number of carbonyl (C=O) groups excluding carboxylic acids is 2. The van der Waals surface area contributed by atoms with E-state index in [9.17, 15) is 9.59 Å². The van der Waals surface area contributed by atoms with Gasteiger partial charge >= 0.3 is 5.97 Å². The molecule has 5 nitrogen and oxygen atoms in total. The van der Waals surface area contributed by atoms with Crippen molar-refractivity contribution >= 4 is 62.6 Å². The number of carbonyl (C=O) groups is 2. The summed E-state index contributed by atoms with van der Waals surface area (Å²) in [5.41, 5.74) is 0.124. The van der Waals surface area contributed by atoms with Gasteiger partial charge in [0.15, 0.2) is 6.23 Å². The standard InChI is InChI=1S/C13H13BrCl3NO4/c1-8(19)22-10-5-3-2-4-9(10)11(20)18-12(13(15,16)17)21-7-6-14/h2-5,12H,6-7H2,1H3,(H,18,20). The van der Waals surface area contributed by atoms with Crippen LogP contribution in [0.25, 0.3) is 0 Å². The van der Waals surface area contributed by atoms with Crippen LogP contribution in [-0.2, 0) is 9.53 Å². The summed E-state index contributed by atoms with van der Waals surface area (Å²) in [5, 5.41) is 2.96. The van der Waals surface area contributed by atoms with Crippen molar-refractivity contribution in [3.63, 3.8) is 0 Å². The smallest absolute Gasteiger partial charge is 0.308 e. The largest absolute Gasteiger partial charge is 0.426 e. The fraction of sp³-hybridized carbons (Fsp3) is 0.385. The molecule has 0 saturated heterocycles. The SMILES string of the molecule is CC(=O)Oc1ccccc1C(=O)NC(OCCBr)C(Cl)(Cl)Cl. The Kier molecular flexibility index (Phi) is 7.93.